The van der Waals surface area contributed by atoms with E-state index in [-0.39, 0.29) is 6.10 Å². The molecule has 6 nitrogen and oxygen atoms in total. The summed E-state index contributed by atoms with van der Waals surface area (Å²) in [5.41, 5.74) is 2.02. The van der Waals surface area contributed by atoms with Crippen molar-refractivity contribution in [1.29, 1.82) is 0 Å². The van der Waals surface area contributed by atoms with E-state index >= 15 is 0 Å². The Balaban J connectivity index is 1.68. The van der Waals surface area contributed by atoms with Crippen molar-refractivity contribution >= 4 is 10.9 Å². The Bertz CT molecular complexity index is 815. The van der Waals surface area contributed by atoms with Crippen molar-refractivity contribution in [2.24, 2.45) is 0 Å². The first-order valence-corrected chi connectivity index (χ1v) is 8.15. The van der Waals surface area contributed by atoms with Gasteiger partial charge in [-0.05, 0) is 39.2 Å². The van der Waals surface area contributed by atoms with Gasteiger partial charge in [0.2, 0.25) is 5.82 Å². The zero-order chi connectivity index (χ0) is 15.8. The van der Waals surface area contributed by atoms with Crippen molar-refractivity contribution < 1.29 is 9.26 Å². The Morgan fingerprint density at radius 1 is 1.26 bits per heavy atom. The second-order valence-electron chi connectivity index (χ2n) is 6.27. The van der Waals surface area contributed by atoms with Gasteiger partial charge >= 0.3 is 0 Å². The molecule has 0 amide bonds. The summed E-state index contributed by atoms with van der Waals surface area (Å²) in [6, 6.07) is 6.42. The molecule has 120 valence electrons. The van der Waals surface area contributed by atoms with Crippen LogP contribution in [0.25, 0.3) is 22.3 Å². The molecule has 1 saturated heterocycles. The summed E-state index contributed by atoms with van der Waals surface area (Å²) in [7, 11) is 0. The fourth-order valence-corrected chi connectivity index (χ4v) is 3.01. The standard InChI is InChI=1S/C17H20N4O2/c1-11(2)21-14-9-12(6-7-13(14)10-18-21)16-19-17(23-20-16)15-5-3-4-8-22-15/h6-7,9-11,15H,3-5,8H2,1-2H3. The molecular formula is C17H20N4O2. The Hall–Kier alpha value is -2.21. The van der Waals surface area contributed by atoms with Crippen molar-refractivity contribution in [3.8, 4) is 11.4 Å². The number of rotatable bonds is 3. The van der Waals surface area contributed by atoms with Gasteiger partial charge in [0.15, 0.2) is 0 Å². The Morgan fingerprint density at radius 3 is 2.96 bits per heavy atom. The SMILES string of the molecule is CC(C)n1ncc2ccc(-c3noc(C4CCCCO4)n3)cc21. The Morgan fingerprint density at radius 2 is 2.17 bits per heavy atom. The average molecular weight is 312 g/mol. The normalized spacial score (nSPS) is 18.8. The summed E-state index contributed by atoms with van der Waals surface area (Å²) in [6.07, 6.45) is 5.02. The zero-order valence-corrected chi connectivity index (χ0v) is 13.4. The maximum Gasteiger partial charge on any atom is 0.256 e. The number of fused-ring (bicyclic) bond motifs is 1. The molecule has 3 heterocycles. The molecule has 23 heavy (non-hydrogen) atoms. The minimum absolute atomic E-state index is 0.0603. The molecule has 1 fully saturated rings. The van der Waals surface area contributed by atoms with Gasteiger partial charge in [0, 0.05) is 23.6 Å². The van der Waals surface area contributed by atoms with Crippen LogP contribution in [0.2, 0.25) is 0 Å². The van der Waals surface area contributed by atoms with Gasteiger partial charge < -0.3 is 9.26 Å². The van der Waals surface area contributed by atoms with Crippen LogP contribution in [-0.4, -0.2) is 26.5 Å². The van der Waals surface area contributed by atoms with E-state index in [0.29, 0.717) is 17.8 Å². The monoisotopic (exact) mass is 312 g/mol. The lowest BCUT2D eigenvalue weighted by Gasteiger charge is -2.18. The fourth-order valence-electron chi connectivity index (χ4n) is 3.01. The molecular weight excluding hydrogens is 292 g/mol. The predicted molar refractivity (Wildman–Crippen MR) is 86.0 cm³/mol. The molecule has 3 aromatic rings. The largest absolute Gasteiger partial charge is 0.368 e. The highest BCUT2D eigenvalue weighted by Gasteiger charge is 2.23. The van der Waals surface area contributed by atoms with E-state index in [1.165, 1.54) is 0 Å². The summed E-state index contributed by atoms with van der Waals surface area (Å²) in [4.78, 5) is 4.54. The van der Waals surface area contributed by atoms with Crippen LogP contribution in [0.1, 0.15) is 51.1 Å². The molecule has 0 saturated carbocycles. The van der Waals surface area contributed by atoms with E-state index in [9.17, 15) is 0 Å². The van der Waals surface area contributed by atoms with Crippen molar-refractivity contribution in [3.63, 3.8) is 0 Å². The minimum atomic E-state index is -0.0603. The highest BCUT2D eigenvalue weighted by atomic mass is 16.5. The Kier molecular flexibility index (Phi) is 3.61. The van der Waals surface area contributed by atoms with Crippen LogP contribution in [0.3, 0.4) is 0 Å². The smallest absolute Gasteiger partial charge is 0.256 e. The van der Waals surface area contributed by atoms with Gasteiger partial charge in [-0.2, -0.15) is 10.1 Å². The second kappa shape index (κ2) is 5.77. The summed E-state index contributed by atoms with van der Waals surface area (Å²) in [6.45, 7) is 5.00. The lowest BCUT2D eigenvalue weighted by atomic mass is 10.1. The quantitative estimate of drug-likeness (QED) is 0.733. The summed E-state index contributed by atoms with van der Waals surface area (Å²) in [5, 5.41) is 9.68. The van der Waals surface area contributed by atoms with Gasteiger partial charge in [-0.15, -0.1) is 0 Å². The molecule has 1 atom stereocenters. The third kappa shape index (κ3) is 2.63. The Labute approximate surface area is 134 Å². The van der Waals surface area contributed by atoms with Crippen LogP contribution >= 0.6 is 0 Å². The first-order chi connectivity index (χ1) is 11.2. The minimum Gasteiger partial charge on any atom is -0.368 e. The van der Waals surface area contributed by atoms with E-state index in [1.807, 2.05) is 23.0 Å². The van der Waals surface area contributed by atoms with Crippen LogP contribution in [-0.2, 0) is 4.74 Å². The molecule has 2 aromatic heterocycles. The van der Waals surface area contributed by atoms with E-state index in [4.69, 9.17) is 9.26 Å². The van der Waals surface area contributed by atoms with Gasteiger partial charge in [-0.25, -0.2) is 0 Å². The second-order valence-corrected chi connectivity index (χ2v) is 6.27. The summed E-state index contributed by atoms with van der Waals surface area (Å²) >= 11 is 0. The lowest BCUT2D eigenvalue weighted by molar-refractivity contribution is -0.00459. The number of benzene rings is 1. The van der Waals surface area contributed by atoms with Crippen molar-refractivity contribution in [1.82, 2.24) is 19.9 Å². The molecule has 4 rings (SSSR count). The third-order valence-corrected chi connectivity index (χ3v) is 4.24. The highest BCUT2D eigenvalue weighted by Crippen LogP contribution is 2.29. The maximum absolute atomic E-state index is 5.71. The topological polar surface area (TPSA) is 66.0 Å². The maximum atomic E-state index is 5.71. The number of hydrogen-bond acceptors (Lipinski definition) is 5. The molecule has 0 bridgehead atoms. The number of hydrogen-bond donors (Lipinski definition) is 0. The van der Waals surface area contributed by atoms with Gasteiger partial charge in [-0.1, -0.05) is 17.3 Å². The van der Waals surface area contributed by atoms with E-state index in [2.05, 4.69) is 35.2 Å². The van der Waals surface area contributed by atoms with Crippen LogP contribution in [0.15, 0.2) is 28.9 Å². The van der Waals surface area contributed by atoms with E-state index in [0.717, 1.165) is 42.3 Å². The molecule has 1 unspecified atom stereocenters. The molecule has 6 heteroatoms. The van der Waals surface area contributed by atoms with Crippen LogP contribution in [0.5, 0.6) is 0 Å². The molecule has 0 radical (unpaired) electrons. The van der Waals surface area contributed by atoms with Crippen LogP contribution in [0, 0.1) is 0 Å². The van der Waals surface area contributed by atoms with E-state index in [1.54, 1.807) is 0 Å². The number of nitrogens with zero attached hydrogens (tertiary/aromatic N) is 4. The molecule has 0 spiro atoms. The highest BCUT2D eigenvalue weighted by molar-refractivity contribution is 5.83. The molecule has 1 aromatic carbocycles. The number of aromatic nitrogens is 4. The van der Waals surface area contributed by atoms with Crippen molar-refractivity contribution in [2.75, 3.05) is 6.61 Å². The molecule has 0 N–H and O–H groups in total. The first-order valence-electron chi connectivity index (χ1n) is 8.15. The average Bonchev–Trinajstić information content (AvgIpc) is 3.22. The first kappa shape index (κ1) is 14.4. The fraction of sp³-hybridized carbons (Fsp3) is 0.471. The van der Waals surface area contributed by atoms with Crippen molar-refractivity contribution in [3.05, 3.63) is 30.3 Å². The molecule has 0 aliphatic carbocycles. The van der Waals surface area contributed by atoms with Gasteiger partial charge in [-0.3, -0.25) is 4.68 Å². The van der Waals surface area contributed by atoms with Crippen LogP contribution in [0.4, 0.5) is 0 Å². The number of ether oxygens (including phenoxy) is 1. The lowest BCUT2D eigenvalue weighted by Crippen LogP contribution is -2.11. The van der Waals surface area contributed by atoms with Gasteiger partial charge in [0.25, 0.3) is 5.89 Å². The summed E-state index contributed by atoms with van der Waals surface area (Å²) < 4.78 is 13.1. The third-order valence-electron chi connectivity index (χ3n) is 4.24. The molecule has 1 aliphatic heterocycles. The van der Waals surface area contributed by atoms with Gasteiger partial charge in [0.05, 0.1) is 11.7 Å². The van der Waals surface area contributed by atoms with Crippen molar-refractivity contribution in [2.45, 2.75) is 45.3 Å². The zero-order valence-electron chi connectivity index (χ0n) is 13.4. The van der Waals surface area contributed by atoms with Gasteiger partial charge in [0.1, 0.15) is 6.10 Å². The molecule has 1 aliphatic rings. The predicted octanol–water partition coefficient (Wildman–Crippen LogP) is 3.91. The van der Waals surface area contributed by atoms with Crippen LogP contribution < -0.4 is 0 Å². The van der Waals surface area contributed by atoms with E-state index < -0.39 is 0 Å². The summed E-state index contributed by atoms with van der Waals surface area (Å²) in [5.74, 6) is 1.18.